The Labute approximate surface area is 137 Å². The summed E-state index contributed by atoms with van der Waals surface area (Å²) in [5, 5.41) is 23.1. The number of fused-ring (bicyclic) bond motifs is 1. The average molecular weight is 317 g/mol. The third kappa shape index (κ3) is 3.27. The van der Waals surface area contributed by atoms with Gasteiger partial charge in [-0.15, -0.1) is 0 Å². The van der Waals surface area contributed by atoms with Crippen LogP contribution in [0, 0.1) is 13.8 Å². The number of aliphatic hydroxyl groups is 2. The van der Waals surface area contributed by atoms with Crippen LogP contribution in [0.25, 0.3) is 11.0 Å². The molecule has 5 nitrogen and oxygen atoms in total. The highest BCUT2D eigenvalue weighted by atomic mass is 16.3. The van der Waals surface area contributed by atoms with Crippen LogP contribution < -0.4 is 5.32 Å². The van der Waals surface area contributed by atoms with Crippen LogP contribution in [0.3, 0.4) is 0 Å². The van der Waals surface area contributed by atoms with Gasteiger partial charge in [-0.3, -0.25) is 0 Å². The van der Waals surface area contributed by atoms with Crippen molar-refractivity contribution in [3.63, 3.8) is 0 Å². The van der Waals surface area contributed by atoms with E-state index in [0.29, 0.717) is 0 Å². The third-order valence-electron chi connectivity index (χ3n) is 5.11. The summed E-state index contributed by atoms with van der Waals surface area (Å²) in [5.41, 5.74) is 4.49. The van der Waals surface area contributed by atoms with Crippen LogP contribution in [0.2, 0.25) is 0 Å². The van der Waals surface area contributed by atoms with Crippen molar-refractivity contribution in [2.45, 2.75) is 64.8 Å². The van der Waals surface area contributed by atoms with E-state index in [1.807, 2.05) is 0 Å². The molecular formula is C18H27N3O2. The minimum absolute atomic E-state index is 0.0442. The van der Waals surface area contributed by atoms with E-state index in [1.165, 1.54) is 11.1 Å². The molecule has 0 aliphatic carbocycles. The van der Waals surface area contributed by atoms with Crippen molar-refractivity contribution in [2.75, 3.05) is 6.54 Å². The minimum Gasteiger partial charge on any atom is -0.392 e. The van der Waals surface area contributed by atoms with Crippen LogP contribution in [0.1, 0.15) is 42.6 Å². The number of aryl methyl sites for hydroxylation is 3. The first-order chi connectivity index (χ1) is 11.1. The zero-order chi connectivity index (χ0) is 16.4. The molecule has 126 valence electrons. The summed E-state index contributed by atoms with van der Waals surface area (Å²) in [6.07, 6.45) is 3.62. The normalized spacial score (nSPS) is 21.9. The number of hydrogen-bond donors (Lipinski definition) is 3. The maximum atomic E-state index is 10.0. The van der Waals surface area contributed by atoms with Crippen molar-refractivity contribution in [3.05, 3.63) is 29.1 Å². The van der Waals surface area contributed by atoms with Crippen molar-refractivity contribution in [1.82, 2.24) is 14.9 Å². The van der Waals surface area contributed by atoms with Gasteiger partial charge in [0, 0.05) is 12.6 Å². The average Bonchev–Trinajstić information content (AvgIpc) is 2.91. The second-order valence-corrected chi connectivity index (χ2v) is 6.63. The molecule has 1 fully saturated rings. The van der Waals surface area contributed by atoms with Crippen LogP contribution >= 0.6 is 0 Å². The third-order valence-corrected chi connectivity index (χ3v) is 5.11. The van der Waals surface area contributed by atoms with Gasteiger partial charge >= 0.3 is 0 Å². The van der Waals surface area contributed by atoms with Gasteiger partial charge in [0.2, 0.25) is 0 Å². The van der Waals surface area contributed by atoms with Crippen molar-refractivity contribution in [2.24, 2.45) is 0 Å². The molecule has 2 heterocycles. The molecule has 2 atom stereocenters. The summed E-state index contributed by atoms with van der Waals surface area (Å²) in [6.45, 7) is 5.94. The lowest BCUT2D eigenvalue weighted by Crippen LogP contribution is -2.44. The van der Waals surface area contributed by atoms with E-state index in [2.05, 4.69) is 40.8 Å². The van der Waals surface area contributed by atoms with Crippen molar-refractivity contribution >= 4 is 11.0 Å². The first kappa shape index (κ1) is 16.4. The first-order valence-electron chi connectivity index (χ1n) is 8.59. The highest BCUT2D eigenvalue weighted by Gasteiger charge is 2.22. The molecule has 1 aliphatic heterocycles. The smallest absolute Gasteiger partial charge is 0.135 e. The lowest BCUT2D eigenvalue weighted by atomic mass is 9.97. The number of aromatic nitrogens is 2. The maximum Gasteiger partial charge on any atom is 0.135 e. The van der Waals surface area contributed by atoms with Gasteiger partial charge in [-0.05, 0) is 63.3 Å². The zero-order valence-corrected chi connectivity index (χ0v) is 14.0. The second kappa shape index (κ2) is 6.99. The van der Waals surface area contributed by atoms with Gasteiger partial charge in [0.25, 0.3) is 0 Å². The van der Waals surface area contributed by atoms with Crippen molar-refractivity contribution in [1.29, 1.82) is 0 Å². The molecule has 1 saturated heterocycles. The Morgan fingerprint density at radius 1 is 1.35 bits per heavy atom. The van der Waals surface area contributed by atoms with Crippen molar-refractivity contribution in [3.8, 4) is 0 Å². The summed E-state index contributed by atoms with van der Waals surface area (Å²) >= 11 is 0. The number of piperidine rings is 1. The van der Waals surface area contributed by atoms with Crippen LogP contribution in [-0.4, -0.2) is 38.5 Å². The number of hydrogen-bond acceptors (Lipinski definition) is 4. The van der Waals surface area contributed by atoms with E-state index in [4.69, 9.17) is 0 Å². The Bertz CT molecular complexity index is 680. The number of nitrogens with one attached hydrogen (secondary N) is 1. The molecule has 1 aliphatic rings. The van der Waals surface area contributed by atoms with E-state index >= 15 is 0 Å². The molecule has 0 amide bonds. The number of imidazole rings is 1. The molecular weight excluding hydrogens is 290 g/mol. The Balaban J connectivity index is 1.75. The monoisotopic (exact) mass is 317 g/mol. The second-order valence-electron chi connectivity index (χ2n) is 6.63. The van der Waals surface area contributed by atoms with Crippen LogP contribution in [0.15, 0.2) is 12.1 Å². The van der Waals surface area contributed by atoms with E-state index in [9.17, 15) is 10.2 Å². The van der Waals surface area contributed by atoms with E-state index < -0.39 is 0 Å². The molecule has 23 heavy (non-hydrogen) atoms. The van der Waals surface area contributed by atoms with E-state index in [1.54, 1.807) is 0 Å². The largest absolute Gasteiger partial charge is 0.392 e. The molecule has 0 radical (unpaired) electrons. The highest BCUT2D eigenvalue weighted by molar-refractivity contribution is 5.80. The van der Waals surface area contributed by atoms with Crippen LogP contribution in [0.5, 0.6) is 0 Å². The van der Waals surface area contributed by atoms with E-state index in [-0.39, 0.29) is 18.8 Å². The molecule has 0 unspecified atom stereocenters. The van der Waals surface area contributed by atoms with Gasteiger partial charge in [0.1, 0.15) is 12.4 Å². The minimum atomic E-state index is -0.231. The molecule has 3 rings (SSSR count). The summed E-state index contributed by atoms with van der Waals surface area (Å²) < 4.78 is 2.12. The fraction of sp³-hybridized carbons (Fsp3) is 0.611. The molecule has 1 aromatic heterocycles. The molecule has 1 aromatic carbocycles. The molecule has 0 bridgehead atoms. The quantitative estimate of drug-likeness (QED) is 0.789. The predicted octanol–water partition coefficient (Wildman–Crippen LogP) is 2.04. The highest BCUT2D eigenvalue weighted by Crippen LogP contribution is 2.23. The molecule has 3 N–H and O–H groups in total. The van der Waals surface area contributed by atoms with Gasteiger partial charge < -0.3 is 20.1 Å². The Kier molecular flexibility index (Phi) is 4.99. The maximum absolute atomic E-state index is 10.0. The van der Waals surface area contributed by atoms with Crippen LogP contribution in [0.4, 0.5) is 0 Å². The van der Waals surface area contributed by atoms with Gasteiger partial charge in [0.15, 0.2) is 0 Å². The van der Waals surface area contributed by atoms with Gasteiger partial charge in [0.05, 0.1) is 17.1 Å². The summed E-state index contributed by atoms with van der Waals surface area (Å²) in [4.78, 5) is 4.62. The van der Waals surface area contributed by atoms with Crippen LogP contribution in [-0.2, 0) is 13.2 Å². The predicted molar refractivity (Wildman–Crippen MR) is 91.4 cm³/mol. The lowest BCUT2D eigenvalue weighted by Gasteiger charge is -2.29. The summed E-state index contributed by atoms with van der Waals surface area (Å²) in [5.74, 6) is 0.728. The Morgan fingerprint density at radius 2 is 2.17 bits per heavy atom. The Morgan fingerprint density at radius 3 is 2.91 bits per heavy atom. The molecule has 0 saturated carbocycles. The summed E-state index contributed by atoms with van der Waals surface area (Å²) in [7, 11) is 0. The number of nitrogens with zero attached hydrogens (tertiary/aromatic N) is 2. The van der Waals surface area contributed by atoms with Gasteiger partial charge in [-0.25, -0.2) is 4.98 Å². The summed E-state index contributed by atoms with van der Waals surface area (Å²) in [6, 6.07) is 4.40. The number of aliphatic hydroxyl groups excluding tert-OH is 2. The lowest BCUT2D eigenvalue weighted by molar-refractivity contribution is 0.0908. The van der Waals surface area contributed by atoms with Gasteiger partial charge in [-0.2, -0.15) is 0 Å². The van der Waals surface area contributed by atoms with Crippen molar-refractivity contribution < 1.29 is 10.2 Å². The topological polar surface area (TPSA) is 70.3 Å². The molecule has 5 heteroatoms. The number of benzene rings is 1. The fourth-order valence-electron chi connectivity index (χ4n) is 3.54. The van der Waals surface area contributed by atoms with E-state index in [0.717, 1.165) is 55.6 Å². The Hall–Kier alpha value is -1.43. The fourth-order valence-corrected chi connectivity index (χ4v) is 3.54. The standard InChI is InChI=1S/C18H27N3O2/c1-12-7-8-15-18(13(12)2)20-17(11-22)21(15)10-4-5-14-16(23)6-3-9-19-14/h7-8,14,16,19,22-23H,3-6,9-11H2,1-2H3/t14-,16+/m1/s1. The van der Waals surface area contributed by atoms with Gasteiger partial charge in [-0.1, -0.05) is 6.07 Å². The SMILES string of the molecule is Cc1ccc2c(nc(CO)n2CCC[C@H]2NCCC[C@@H]2O)c1C. The molecule has 0 spiro atoms. The first-order valence-corrected chi connectivity index (χ1v) is 8.59. The number of rotatable bonds is 5. The molecule has 2 aromatic rings. The zero-order valence-electron chi connectivity index (χ0n) is 14.0.